The molecule has 0 radical (unpaired) electrons. The zero-order valence-corrected chi connectivity index (χ0v) is 16.7. The van der Waals surface area contributed by atoms with Crippen molar-refractivity contribution in [1.29, 1.82) is 0 Å². The van der Waals surface area contributed by atoms with Crippen LogP contribution < -0.4 is 15.4 Å². The first kappa shape index (κ1) is 20.8. The number of hydrogen-bond donors (Lipinski definition) is 2. The third kappa shape index (κ3) is 6.33. The number of alkyl halides is 2. The van der Waals surface area contributed by atoms with Gasteiger partial charge in [-0.25, -0.2) is 13.8 Å². The zero-order chi connectivity index (χ0) is 19.8. The summed E-state index contributed by atoms with van der Waals surface area (Å²) in [6, 6.07) is 8.38. The lowest BCUT2D eigenvalue weighted by Crippen LogP contribution is -2.45. The lowest BCUT2D eigenvalue weighted by molar-refractivity contribution is 0.0818. The Hall–Kier alpha value is -1.89. The summed E-state index contributed by atoms with van der Waals surface area (Å²) in [6.07, 6.45) is 4.07. The van der Waals surface area contributed by atoms with Gasteiger partial charge >= 0.3 is 0 Å². The van der Waals surface area contributed by atoms with E-state index in [1.807, 2.05) is 12.1 Å². The molecule has 0 aromatic heterocycles. The minimum Gasteiger partial charge on any atom is -0.488 e. The van der Waals surface area contributed by atoms with E-state index in [0.29, 0.717) is 18.3 Å². The van der Waals surface area contributed by atoms with Gasteiger partial charge in [-0.2, -0.15) is 0 Å². The van der Waals surface area contributed by atoms with Gasteiger partial charge in [0.15, 0.2) is 5.96 Å². The smallest absolute Gasteiger partial charge is 0.272 e. The first-order chi connectivity index (χ1) is 13.6. The highest BCUT2D eigenvalue weighted by atomic mass is 19.3. The SMILES string of the molecule is CCNC(=NCc1cccc(OCC(F)F)c1)NC1CCN(C2CCCC2)C1. The molecule has 0 spiro atoms. The van der Waals surface area contributed by atoms with Crippen LogP contribution in [-0.2, 0) is 6.54 Å². The Labute approximate surface area is 166 Å². The molecule has 0 amide bonds. The van der Waals surface area contributed by atoms with E-state index in [1.165, 1.54) is 25.7 Å². The highest BCUT2D eigenvalue weighted by Crippen LogP contribution is 2.26. The number of aliphatic imine (C=N–C) groups is 1. The zero-order valence-electron chi connectivity index (χ0n) is 16.7. The predicted molar refractivity (Wildman–Crippen MR) is 108 cm³/mol. The molecule has 1 aromatic carbocycles. The lowest BCUT2D eigenvalue weighted by Gasteiger charge is -2.24. The first-order valence-corrected chi connectivity index (χ1v) is 10.4. The van der Waals surface area contributed by atoms with Crippen molar-refractivity contribution in [2.24, 2.45) is 4.99 Å². The van der Waals surface area contributed by atoms with E-state index in [-0.39, 0.29) is 0 Å². The van der Waals surface area contributed by atoms with Crippen LogP contribution in [0.3, 0.4) is 0 Å². The summed E-state index contributed by atoms with van der Waals surface area (Å²) in [7, 11) is 0. The molecule has 1 heterocycles. The number of halogens is 2. The van der Waals surface area contributed by atoms with Gasteiger partial charge in [0, 0.05) is 31.7 Å². The number of rotatable bonds is 8. The van der Waals surface area contributed by atoms with Crippen LogP contribution in [0, 0.1) is 0 Å². The molecule has 1 atom stereocenters. The first-order valence-electron chi connectivity index (χ1n) is 10.4. The standard InChI is InChI=1S/C21H32F2N4O/c1-2-24-21(26-17-10-11-27(14-17)18-7-3-4-8-18)25-13-16-6-5-9-19(12-16)28-15-20(22)23/h5-6,9,12,17-18,20H,2-4,7-8,10-11,13-15H2,1H3,(H2,24,25,26). The average Bonchev–Trinajstić information content (AvgIpc) is 3.37. The Kier molecular flexibility index (Phi) is 7.89. The van der Waals surface area contributed by atoms with E-state index >= 15 is 0 Å². The molecule has 156 valence electrons. The summed E-state index contributed by atoms with van der Waals surface area (Å²) < 4.78 is 29.7. The normalized spacial score (nSPS) is 21.4. The van der Waals surface area contributed by atoms with Crippen LogP contribution >= 0.6 is 0 Å². The molecule has 1 aliphatic heterocycles. The highest BCUT2D eigenvalue weighted by molar-refractivity contribution is 5.80. The average molecular weight is 395 g/mol. The van der Waals surface area contributed by atoms with Crippen molar-refractivity contribution in [1.82, 2.24) is 15.5 Å². The van der Waals surface area contributed by atoms with Gasteiger partial charge < -0.3 is 15.4 Å². The van der Waals surface area contributed by atoms with Gasteiger partial charge in [0.2, 0.25) is 0 Å². The molecule has 2 fully saturated rings. The number of likely N-dealkylation sites (tertiary alicyclic amines) is 1. The van der Waals surface area contributed by atoms with Crippen molar-refractivity contribution in [3.8, 4) is 5.75 Å². The molecule has 5 nitrogen and oxygen atoms in total. The number of benzene rings is 1. The minimum atomic E-state index is -2.47. The maximum absolute atomic E-state index is 12.3. The van der Waals surface area contributed by atoms with Crippen LogP contribution in [0.5, 0.6) is 5.75 Å². The lowest BCUT2D eigenvalue weighted by atomic mass is 10.2. The van der Waals surface area contributed by atoms with Gasteiger partial charge in [0.25, 0.3) is 6.43 Å². The van der Waals surface area contributed by atoms with E-state index in [0.717, 1.165) is 43.6 Å². The van der Waals surface area contributed by atoms with Crippen LogP contribution in [0.25, 0.3) is 0 Å². The quantitative estimate of drug-likeness (QED) is 0.524. The van der Waals surface area contributed by atoms with Crippen LogP contribution in [0.4, 0.5) is 8.78 Å². The van der Waals surface area contributed by atoms with Crippen LogP contribution in [0.1, 0.15) is 44.6 Å². The molecule has 3 rings (SSSR count). The fourth-order valence-corrected chi connectivity index (χ4v) is 4.08. The molecular formula is C21H32F2N4O. The van der Waals surface area contributed by atoms with Gasteiger partial charge in [-0.3, -0.25) is 4.90 Å². The van der Waals surface area contributed by atoms with Crippen molar-refractivity contribution in [2.75, 3.05) is 26.2 Å². The molecule has 28 heavy (non-hydrogen) atoms. The van der Waals surface area contributed by atoms with Gasteiger partial charge in [0.1, 0.15) is 12.4 Å². The third-order valence-corrected chi connectivity index (χ3v) is 5.44. The van der Waals surface area contributed by atoms with Crippen LogP contribution in [0.15, 0.2) is 29.3 Å². The maximum Gasteiger partial charge on any atom is 0.272 e. The number of guanidine groups is 1. The minimum absolute atomic E-state index is 0.416. The predicted octanol–water partition coefficient (Wildman–Crippen LogP) is 3.40. The number of ether oxygens (including phenoxy) is 1. The number of nitrogens with zero attached hydrogens (tertiary/aromatic N) is 2. The molecule has 1 saturated heterocycles. The van der Waals surface area contributed by atoms with Gasteiger partial charge in [0.05, 0.1) is 6.54 Å². The Morgan fingerprint density at radius 3 is 2.86 bits per heavy atom. The van der Waals surface area contributed by atoms with Gasteiger partial charge in [-0.05, 0) is 43.9 Å². The molecule has 1 saturated carbocycles. The molecule has 0 bridgehead atoms. The van der Waals surface area contributed by atoms with E-state index in [4.69, 9.17) is 4.74 Å². The molecule has 1 aromatic rings. The molecule has 7 heteroatoms. The van der Waals surface area contributed by atoms with E-state index < -0.39 is 13.0 Å². The Balaban J connectivity index is 1.53. The van der Waals surface area contributed by atoms with Crippen molar-refractivity contribution in [2.45, 2.75) is 64.1 Å². The highest BCUT2D eigenvalue weighted by Gasteiger charge is 2.30. The van der Waals surface area contributed by atoms with Crippen molar-refractivity contribution in [3.63, 3.8) is 0 Å². The summed E-state index contributed by atoms with van der Waals surface area (Å²) in [5.41, 5.74) is 0.933. The molecule has 2 N–H and O–H groups in total. The Morgan fingerprint density at radius 2 is 2.11 bits per heavy atom. The van der Waals surface area contributed by atoms with Crippen molar-refractivity contribution >= 4 is 5.96 Å². The molecule has 1 aliphatic carbocycles. The van der Waals surface area contributed by atoms with Crippen LogP contribution in [-0.4, -0.2) is 55.6 Å². The summed E-state index contributed by atoms with van der Waals surface area (Å²) in [6.45, 7) is 4.96. The summed E-state index contributed by atoms with van der Waals surface area (Å²) >= 11 is 0. The topological polar surface area (TPSA) is 48.9 Å². The maximum atomic E-state index is 12.3. The second-order valence-electron chi connectivity index (χ2n) is 7.61. The number of hydrogen-bond acceptors (Lipinski definition) is 3. The summed E-state index contributed by atoms with van der Waals surface area (Å²) in [4.78, 5) is 7.30. The molecule has 1 unspecified atom stereocenters. The monoisotopic (exact) mass is 394 g/mol. The summed E-state index contributed by atoms with van der Waals surface area (Å²) in [5, 5.41) is 6.87. The third-order valence-electron chi connectivity index (χ3n) is 5.44. The second kappa shape index (κ2) is 10.6. The fraction of sp³-hybridized carbons (Fsp3) is 0.667. The van der Waals surface area contributed by atoms with Gasteiger partial charge in [-0.15, -0.1) is 0 Å². The van der Waals surface area contributed by atoms with Crippen LogP contribution in [0.2, 0.25) is 0 Å². The van der Waals surface area contributed by atoms with E-state index in [2.05, 4.69) is 27.4 Å². The van der Waals surface area contributed by atoms with E-state index in [9.17, 15) is 8.78 Å². The largest absolute Gasteiger partial charge is 0.488 e. The van der Waals surface area contributed by atoms with Crippen molar-refractivity contribution in [3.05, 3.63) is 29.8 Å². The second-order valence-corrected chi connectivity index (χ2v) is 7.61. The Bertz CT molecular complexity index is 635. The molecular weight excluding hydrogens is 362 g/mol. The number of nitrogens with one attached hydrogen (secondary N) is 2. The van der Waals surface area contributed by atoms with Gasteiger partial charge in [-0.1, -0.05) is 25.0 Å². The molecule has 2 aliphatic rings. The Morgan fingerprint density at radius 1 is 1.29 bits per heavy atom. The summed E-state index contributed by atoms with van der Waals surface area (Å²) in [5.74, 6) is 1.26. The van der Waals surface area contributed by atoms with E-state index in [1.54, 1.807) is 12.1 Å². The fourth-order valence-electron chi connectivity index (χ4n) is 4.08. The van der Waals surface area contributed by atoms with Crippen molar-refractivity contribution < 1.29 is 13.5 Å².